The molecule has 0 aromatic rings. The van der Waals surface area contributed by atoms with Crippen LogP contribution in [-0.2, 0) is 10.2 Å². The second-order valence-corrected chi connectivity index (χ2v) is 5.98. The Labute approximate surface area is 98.3 Å². The summed E-state index contributed by atoms with van der Waals surface area (Å²) in [6.45, 7) is 0.574. The molecule has 9 heteroatoms. The molecule has 1 aliphatic rings. The molecule has 0 aromatic carbocycles. The molecular formula is C8H16F3N3O2S. The van der Waals surface area contributed by atoms with E-state index in [4.69, 9.17) is 5.73 Å². The molecule has 0 bridgehead atoms. The lowest BCUT2D eigenvalue weighted by molar-refractivity contribution is -0.121. The smallest absolute Gasteiger partial charge is 0.326 e. The van der Waals surface area contributed by atoms with Gasteiger partial charge in [-0.25, -0.2) is 0 Å². The number of piperidine rings is 1. The molecule has 1 rings (SSSR count). The van der Waals surface area contributed by atoms with Crippen LogP contribution in [0.1, 0.15) is 13.3 Å². The Balaban J connectivity index is 2.59. The molecule has 0 amide bonds. The first-order valence-corrected chi connectivity index (χ1v) is 6.63. The summed E-state index contributed by atoms with van der Waals surface area (Å²) >= 11 is 0. The molecule has 2 unspecified atom stereocenters. The van der Waals surface area contributed by atoms with Crippen molar-refractivity contribution in [2.24, 2.45) is 11.7 Å². The lowest BCUT2D eigenvalue weighted by Crippen LogP contribution is -2.53. The molecule has 1 fully saturated rings. The summed E-state index contributed by atoms with van der Waals surface area (Å²) in [6.07, 6.45) is -4.01. The van der Waals surface area contributed by atoms with Gasteiger partial charge in [0.15, 0.2) is 0 Å². The topological polar surface area (TPSA) is 75.4 Å². The van der Waals surface area contributed by atoms with Gasteiger partial charge in [-0.2, -0.15) is 30.6 Å². The van der Waals surface area contributed by atoms with E-state index >= 15 is 0 Å². The van der Waals surface area contributed by atoms with Crippen molar-refractivity contribution in [1.82, 2.24) is 9.03 Å². The van der Waals surface area contributed by atoms with E-state index in [1.54, 1.807) is 0 Å². The molecule has 1 saturated heterocycles. The van der Waals surface area contributed by atoms with Crippen molar-refractivity contribution in [2.75, 3.05) is 19.6 Å². The normalized spacial score (nSPS) is 28.3. The molecule has 0 radical (unpaired) electrons. The third kappa shape index (κ3) is 4.41. The monoisotopic (exact) mass is 275 g/mol. The maximum Gasteiger partial charge on any atom is 0.402 e. The summed E-state index contributed by atoms with van der Waals surface area (Å²) in [4.78, 5) is 0. The highest BCUT2D eigenvalue weighted by molar-refractivity contribution is 7.87. The number of hydrogen-bond acceptors (Lipinski definition) is 3. The van der Waals surface area contributed by atoms with Gasteiger partial charge in [0.25, 0.3) is 10.2 Å². The van der Waals surface area contributed by atoms with Crippen molar-refractivity contribution in [3.05, 3.63) is 0 Å². The van der Waals surface area contributed by atoms with Crippen LogP contribution in [0.15, 0.2) is 0 Å². The molecule has 5 nitrogen and oxygen atoms in total. The summed E-state index contributed by atoms with van der Waals surface area (Å²) in [5, 5.41) is 0. The zero-order valence-electron chi connectivity index (χ0n) is 9.37. The Morgan fingerprint density at radius 1 is 1.47 bits per heavy atom. The van der Waals surface area contributed by atoms with Gasteiger partial charge < -0.3 is 5.73 Å². The van der Waals surface area contributed by atoms with E-state index in [0.717, 1.165) is 4.31 Å². The fourth-order valence-corrected chi connectivity index (χ4v) is 2.79. The van der Waals surface area contributed by atoms with Crippen molar-refractivity contribution in [3.63, 3.8) is 0 Å². The third-order valence-corrected chi connectivity index (χ3v) is 4.29. The number of nitrogens with zero attached hydrogens (tertiary/aromatic N) is 1. The molecule has 2 atom stereocenters. The Kier molecular flexibility index (Phi) is 4.39. The fraction of sp³-hybridized carbons (Fsp3) is 1.00. The van der Waals surface area contributed by atoms with Crippen LogP contribution in [-0.4, -0.2) is 44.6 Å². The summed E-state index contributed by atoms with van der Waals surface area (Å²) in [5.74, 6) is 0.170. The molecule has 3 N–H and O–H groups in total. The standard InChI is InChI=1S/C8H16F3N3O2S/c1-6-2-3-14(4-7(6)12)17(15,16)13-5-8(9,10)11/h6-7,13H,2-5,12H2,1H3. The lowest BCUT2D eigenvalue weighted by atomic mass is 9.96. The minimum Gasteiger partial charge on any atom is -0.326 e. The molecule has 17 heavy (non-hydrogen) atoms. The molecular weight excluding hydrogens is 259 g/mol. The summed E-state index contributed by atoms with van der Waals surface area (Å²) in [6, 6.07) is -0.341. The maximum atomic E-state index is 11.9. The Bertz CT molecular complexity index is 358. The molecule has 102 valence electrons. The summed E-state index contributed by atoms with van der Waals surface area (Å²) < 4.78 is 61.3. The van der Waals surface area contributed by atoms with E-state index < -0.39 is 22.9 Å². The van der Waals surface area contributed by atoms with Crippen LogP contribution in [0.4, 0.5) is 13.2 Å². The van der Waals surface area contributed by atoms with Crippen LogP contribution in [0.5, 0.6) is 0 Å². The van der Waals surface area contributed by atoms with Crippen molar-refractivity contribution < 1.29 is 21.6 Å². The highest BCUT2D eigenvalue weighted by atomic mass is 32.2. The first kappa shape index (κ1) is 14.7. The second-order valence-electron chi connectivity index (χ2n) is 4.23. The number of halogens is 3. The first-order chi connectivity index (χ1) is 7.62. The predicted octanol–water partition coefficient (Wildman–Crippen LogP) is 0.0522. The Hall–Kier alpha value is -0.380. The van der Waals surface area contributed by atoms with E-state index in [1.165, 1.54) is 4.72 Å². The number of nitrogens with two attached hydrogens (primary N) is 1. The van der Waals surface area contributed by atoms with Gasteiger partial charge in [-0.1, -0.05) is 6.92 Å². The van der Waals surface area contributed by atoms with Crippen molar-refractivity contribution in [1.29, 1.82) is 0 Å². The number of hydrogen-bond donors (Lipinski definition) is 2. The van der Waals surface area contributed by atoms with Gasteiger partial charge in [0.2, 0.25) is 0 Å². The fourth-order valence-electron chi connectivity index (χ4n) is 1.55. The molecule has 1 aliphatic heterocycles. The zero-order valence-corrected chi connectivity index (χ0v) is 10.2. The SMILES string of the molecule is CC1CCN(S(=O)(=O)NCC(F)(F)F)CC1N. The maximum absolute atomic E-state index is 11.9. The van der Waals surface area contributed by atoms with Crippen molar-refractivity contribution >= 4 is 10.2 Å². The average Bonchev–Trinajstić information content (AvgIpc) is 2.18. The van der Waals surface area contributed by atoms with E-state index in [1.807, 2.05) is 6.92 Å². The van der Waals surface area contributed by atoms with Crippen LogP contribution < -0.4 is 10.5 Å². The number of rotatable bonds is 3. The van der Waals surface area contributed by atoms with E-state index in [9.17, 15) is 21.6 Å². The van der Waals surface area contributed by atoms with Crippen LogP contribution >= 0.6 is 0 Å². The average molecular weight is 275 g/mol. The van der Waals surface area contributed by atoms with E-state index in [-0.39, 0.29) is 25.0 Å². The Morgan fingerprint density at radius 3 is 2.53 bits per heavy atom. The van der Waals surface area contributed by atoms with Crippen LogP contribution in [0.3, 0.4) is 0 Å². The summed E-state index contributed by atoms with van der Waals surface area (Å²) in [5.41, 5.74) is 5.69. The second kappa shape index (κ2) is 5.09. The quantitative estimate of drug-likeness (QED) is 0.764. The molecule has 0 aromatic heterocycles. The highest BCUT2D eigenvalue weighted by Crippen LogP contribution is 2.18. The van der Waals surface area contributed by atoms with Gasteiger partial charge in [-0.15, -0.1) is 0 Å². The van der Waals surface area contributed by atoms with Gasteiger partial charge in [-0.3, -0.25) is 0 Å². The van der Waals surface area contributed by atoms with E-state index in [0.29, 0.717) is 6.42 Å². The third-order valence-electron chi connectivity index (χ3n) is 2.77. The van der Waals surface area contributed by atoms with Gasteiger partial charge in [-0.05, 0) is 12.3 Å². The van der Waals surface area contributed by atoms with Crippen molar-refractivity contribution in [2.45, 2.75) is 25.6 Å². The minimum absolute atomic E-state index is 0.0500. The van der Waals surface area contributed by atoms with Gasteiger partial charge >= 0.3 is 6.18 Å². The van der Waals surface area contributed by atoms with Gasteiger partial charge in [0.05, 0.1) is 0 Å². The minimum atomic E-state index is -4.56. The predicted molar refractivity (Wildman–Crippen MR) is 56.3 cm³/mol. The summed E-state index contributed by atoms with van der Waals surface area (Å²) in [7, 11) is -4.09. The van der Waals surface area contributed by atoms with Crippen molar-refractivity contribution in [3.8, 4) is 0 Å². The zero-order chi connectivity index (χ0) is 13.3. The largest absolute Gasteiger partial charge is 0.402 e. The Morgan fingerprint density at radius 2 is 2.06 bits per heavy atom. The molecule has 0 saturated carbocycles. The molecule has 0 aliphatic carbocycles. The van der Waals surface area contributed by atoms with Crippen LogP contribution in [0, 0.1) is 5.92 Å². The lowest BCUT2D eigenvalue weighted by Gasteiger charge is -2.34. The number of alkyl halides is 3. The molecule has 0 spiro atoms. The van der Waals surface area contributed by atoms with Crippen LogP contribution in [0.25, 0.3) is 0 Å². The van der Waals surface area contributed by atoms with Gasteiger partial charge in [0.1, 0.15) is 6.54 Å². The van der Waals surface area contributed by atoms with Crippen LogP contribution in [0.2, 0.25) is 0 Å². The molecule has 1 heterocycles. The number of nitrogens with one attached hydrogen (secondary N) is 1. The van der Waals surface area contributed by atoms with E-state index in [2.05, 4.69) is 0 Å². The van der Waals surface area contributed by atoms with Gasteiger partial charge in [0, 0.05) is 19.1 Å². The highest BCUT2D eigenvalue weighted by Gasteiger charge is 2.34. The first-order valence-electron chi connectivity index (χ1n) is 5.19.